The van der Waals surface area contributed by atoms with Crippen molar-refractivity contribution in [1.82, 2.24) is 24.6 Å². The van der Waals surface area contributed by atoms with Gasteiger partial charge in [-0.15, -0.1) is 0 Å². The number of fused-ring (bicyclic) bond motifs is 1. The molecule has 0 unspecified atom stereocenters. The van der Waals surface area contributed by atoms with Gasteiger partial charge in [-0.05, 0) is 19.1 Å². The topological polar surface area (TPSA) is 94.1 Å². The molecule has 1 amide bonds. The van der Waals surface area contributed by atoms with Crippen LogP contribution in [0.2, 0.25) is 0 Å². The molecule has 0 radical (unpaired) electrons. The van der Waals surface area contributed by atoms with Crippen LogP contribution in [0.25, 0.3) is 11.0 Å². The van der Waals surface area contributed by atoms with Gasteiger partial charge in [0, 0.05) is 12.5 Å². The van der Waals surface area contributed by atoms with Crippen LogP contribution in [-0.2, 0) is 17.9 Å². The van der Waals surface area contributed by atoms with E-state index < -0.39 is 0 Å². The molecule has 0 saturated heterocycles. The van der Waals surface area contributed by atoms with Crippen LogP contribution in [0.4, 0.5) is 0 Å². The fraction of sp³-hybridized carbons (Fsp3) is 0.389. The van der Waals surface area contributed by atoms with E-state index in [1.807, 2.05) is 32.9 Å². The summed E-state index contributed by atoms with van der Waals surface area (Å²) >= 11 is 0. The zero-order valence-electron chi connectivity index (χ0n) is 15.0. The molecule has 26 heavy (non-hydrogen) atoms. The number of carbonyl (C=O) groups is 1. The van der Waals surface area contributed by atoms with Gasteiger partial charge in [0.15, 0.2) is 5.82 Å². The van der Waals surface area contributed by atoms with Crippen LogP contribution < -0.4 is 5.56 Å². The van der Waals surface area contributed by atoms with E-state index in [0.29, 0.717) is 29.3 Å². The molecule has 8 heteroatoms. The fourth-order valence-electron chi connectivity index (χ4n) is 2.62. The van der Waals surface area contributed by atoms with E-state index in [0.717, 1.165) is 0 Å². The van der Waals surface area contributed by atoms with Crippen molar-refractivity contribution in [1.29, 1.82) is 0 Å². The summed E-state index contributed by atoms with van der Waals surface area (Å²) < 4.78 is 6.65. The van der Waals surface area contributed by atoms with Crippen LogP contribution in [0.15, 0.2) is 39.8 Å². The van der Waals surface area contributed by atoms with E-state index in [-0.39, 0.29) is 30.5 Å². The summed E-state index contributed by atoms with van der Waals surface area (Å²) in [7, 11) is 0. The lowest BCUT2D eigenvalue weighted by molar-refractivity contribution is -0.132. The molecule has 0 bridgehead atoms. The summed E-state index contributed by atoms with van der Waals surface area (Å²) in [6.07, 6.45) is 1.23. The van der Waals surface area contributed by atoms with E-state index in [9.17, 15) is 9.59 Å². The molecule has 3 rings (SSSR count). The van der Waals surface area contributed by atoms with Crippen molar-refractivity contribution in [2.75, 3.05) is 6.54 Å². The van der Waals surface area contributed by atoms with Crippen molar-refractivity contribution in [3.05, 3.63) is 52.5 Å². The van der Waals surface area contributed by atoms with Crippen molar-refractivity contribution in [2.24, 2.45) is 0 Å². The third-order valence-corrected chi connectivity index (χ3v) is 4.11. The highest BCUT2D eigenvalue weighted by Crippen LogP contribution is 2.12. The average molecular weight is 355 g/mol. The predicted molar refractivity (Wildman–Crippen MR) is 95.5 cm³/mol. The van der Waals surface area contributed by atoms with Crippen LogP contribution in [0.1, 0.15) is 38.4 Å². The Hall–Kier alpha value is -3.03. The third-order valence-electron chi connectivity index (χ3n) is 4.11. The third kappa shape index (κ3) is 3.63. The van der Waals surface area contributed by atoms with E-state index in [4.69, 9.17) is 4.52 Å². The van der Waals surface area contributed by atoms with Gasteiger partial charge in [-0.25, -0.2) is 4.98 Å². The molecule has 2 heterocycles. The normalized spacial score (nSPS) is 11.2. The van der Waals surface area contributed by atoms with Crippen LogP contribution in [-0.4, -0.2) is 37.0 Å². The highest BCUT2D eigenvalue weighted by atomic mass is 16.5. The van der Waals surface area contributed by atoms with Gasteiger partial charge in [-0.2, -0.15) is 4.98 Å². The number of hydrogen-bond acceptors (Lipinski definition) is 6. The first-order chi connectivity index (χ1) is 12.5. The van der Waals surface area contributed by atoms with Crippen molar-refractivity contribution in [3.63, 3.8) is 0 Å². The summed E-state index contributed by atoms with van der Waals surface area (Å²) in [5.74, 6) is 0.950. The van der Waals surface area contributed by atoms with Crippen LogP contribution in [0.3, 0.4) is 0 Å². The second-order valence-corrected chi connectivity index (χ2v) is 6.28. The summed E-state index contributed by atoms with van der Waals surface area (Å²) in [6, 6.07) is 7.24. The Balaban J connectivity index is 1.81. The standard InChI is InChI=1S/C18H21N5O3/c1-4-22(10-15-20-18(12(2)3)21-26-15)17(25)11-23-14-8-6-5-7-13(14)19-9-16(23)24/h5-9,12H,4,10-11H2,1-3H3. The number of aromatic nitrogens is 4. The molecule has 0 aliphatic heterocycles. The van der Waals surface area contributed by atoms with E-state index >= 15 is 0 Å². The first-order valence-electron chi connectivity index (χ1n) is 8.54. The second kappa shape index (κ2) is 7.47. The molecule has 2 aromatic heterocycles. The molecular formula is C18H21N5O3. The molecular weight excluding hydrogens is 334 g/mol. The molecule has 0 N–H and O–H groups in total. The Morgan fingerprint density at radius 1 is 1.31 bits per heavy atom. The molecule has 0 atom stereocenters. The van der Waals surface area contributed by atoms with Gasteiger partial charge in [-0.1, -0.05) is 31.1 Å². The highest BCUT2D eigenvalue weighted by Gasteiger charge is 2.18. The molecule has 3 aromatic rings. The zero-order valence-corrected chi connectivity index (χ0v) is 15.0. The first-order valence-corrected chi connectivity index (χ1v) is 8.54. The molecule has 136 valence electrons. The largest absolute Gasteiger partial charge is 0.337 e. The number of rotatable bonds is 6. The maximum absolute atomic E-state index is 12.7. The van der Waals surface area contributed by atoms with E-state index in [2.05, 4.69) is 15.1 Å². The highest BCUT2D eigenvalue weighted by molar-refractivity contribution is 5.80. The Morgan fingerprint density at radius 2 is 2.08 bits per heavy atom. The van der Waals surface area contributed by atoms with Crippen molar-refractivity contribution >= 4 is 16.9 Å². The number of nitrogens with zero attached hydrogens (tertiary/aromatic N) is 5. The lowest BCUT2D eigenvalue weighted by Crippen LogP contribution is -2.36. The maximum atomic E-state index is 12.7. The second-order valence-electron chi connectivity index (χ2n) is 6.28. The van der Waals surface area contributed by atoms with Crippen molar-refractivity contribution in [2.45, 2.75) is 39.8 Å². The maximum Gasteiger partial charge on any atom is 0.269 e. The van der Waals surface area contributed by atoms with Gasteiger partial charge >= 0.3 is 0 Å². The molecule has 0 spiro atoms. The van der Waals surface area contributed by atoms with E-state index in [1.54, 1.807) is 17.0 Å². The summed E-state index contributed by atoms with van der Waals surface area (Å²) in [4.78, 5) is 34.9. The first kappa shape index (κ1) is 17.8. The molecule has 0 fully saturated rings. The fourth-order valence-corrected chi connectivity index (χ4v) is 2.62. The number of carbonyl (C=O) groups excluding carboxylic acids is 1. The van der Waals surface area contributed by atoms with Gasteiger partial charge in [0.2, 0.25) is 11.8 Å². The monoisotopic (exact) mass is 355 g/mol. The Morgan fingerprint density at radius 3 is 2.77 bits per heavy atom. The van der Waals surface area contributed by atoms with Gasteiger partial charge in [0.25, 0.3) is 5.56 Å². The van der Waals surface area contributed by atoms with Crippen molar-refractivity contribution < 1.29 is 9.32 Å². The minimum absolute atomic E-state index is 0.0686. The number of para-hydroxylation sites is 2. The SMILES string of the molecule is CCN(Cc1nc(C(C)C)no1)C(=O)Cn1c(=O)cnc2ccccc21. The number of hydrogen-bond donors (Lipinski definition) is 0. The molecule has 0 aliphatic carbocycles. The Kier molecular flexibility index (Phi) is 5.11. The van der Waals surface area contributed by atoms with Gasteiger partial charge in [0.1, 0.15) is 13.1 Å². The predicted octanol–water partition coefficient (Wildman–Crippen LogP) is 1.95. The smallest absolute Gasteiger partial charge is 0.269 e. The number of amides is 1. The van der Waals surface area contributed by atoms with E-state index in [1.165, 1.54) is 10.8 Å². The summed E-state index contributed by atoms with van der Waals surface area (Å²) in [6.45, 7) is 6.42. The van der Waals surface area contributed by atoms with Gasteiger partial charge in [-0.3, -0.25) is 14.2 Å². The van der Waals surface area contributed by atoms with Gasteiger partial charge < -0.3 is 9.42 Å². The van der Waals surface area contributed by atoms with Crippen LogP contribution >= 0.6 is 0 Å². The molecule has 8 nitrogen and oxygen atoms in total. The summed E-state index contributed by atoms with van der Waals surface area (Å²) in [5.41, 5.74) is 0.985. The van der Waals surface area contributed by atoms with Crippen molar-refractivity contribution in [3.8, 4) is 0 Å². The molecule has 0 saturated carbocycles. The quantitative estimate of drug-likeness (QED) is 0.671. The molecule has 0 aliphatic rings. The Bertz CT molecular complexity index is 976. The zero-order chi connectivity index (χ0) is 18.7. The minimum Gasteiger partial charge on any atom is -0.337 e. The lowest BCUT2D eigenvalue weighted by Gasteiger charge is -2.20. The number of likely N-dealkylation sites (N-methyl/N-ethyl adjacent to an activating group) is 1. The lowest BCUT2D eigenvalue weighted by atomic mass is 10.2. The number of benzene rings is 1. The molecule has 1 aromatic carbocycles. The average Bonchev–Trinajstić information content (AvgIpc) is 3.11. The van der Waals surface area contributed by atoms with Crippen LogP contribution in [0, 0.1) is 0 Å². The Labute approximate surface area is 150 Å². The summed E-state index contributed by atoms with van der Waals surface area (Å²) in [5, 5.41) is 3.91. The van der Waals surface area contributed by atoms with Crippen LogP contribution in [0.5, 0.6) is 0 Å². The minimum atomic E-state index is -0.312. The van der Waals surface area contributed by atoms with Gasteiger partial charge in [0.05, 0.1) is 17.2 Å².